The number of aromatic nitrogens is 1. The molecular weight excluding hydrogens is 466 g/mol. The number of carbonyl (C=O) groups excluding carboxylic acids is 2. The van der Waals surface area contributed by atoms with Crippen LogP contribution in [0.5, 0.6) is 11.5 Å². The van der Waals surface area contributed by atoms with Crippen LogP contribution in [0.1, 0.15) is 48.2 Å². The highest BCUT2D eigenvalue weighted by atomic mass is 16.6. The number of hydrogen-bond donors (Lipinski definition) is 1. The molecule has 1 saturated heterocycles. The van der Waals surface area contributed by atoms with E-state index >= 15 is 0 Å². The maximum atomic E-state index is 14.0. The second-order valence-electron chi connectivity index (χ2n) is 10.2. The molecule has 0 spiro atoms. The third kappa shape index (κ3) is 3.26. The van der Waals surface area contributed by atoms with E-state index < -0.39 is 12.1 Å². The van der Waals surface area contributed by atoms with Crippen LogP contribution in [0.2, 0.25) is 0 Å². The SMILES string of the molecule is CC(C)c1ccc([C@H]2c3[nH]c4ccccc4c3C[C@H]3C(=O)N(c4ccc5c(c4)OCCO5)C(=O)N23)cc1. The van der Waals surface area contributed by atoms with Crippen LogP contribution in [-0.4, -0.2) is 41.1 Å². The Hall–Kier alpha value is -4.26. The lowest BCUT2D eigenvalue weighted by Gasteiger charge is -2.36. The molecule has 186 valence electrons. The van der Waals surface area contributed by atoms with E-state index in [4.69, 9.17) is 9.47 Å². The minimum atomic E-state index is -0.595. The summed E-state index contributed by atoms with van der Waals surface area (Å²) < 4.78 is 11.4. The Balaban J connectivity index is 1.36. The molecular formula is C30H27N3O4. The number of carbonyl (C=O) groups is 2. The number of aromatic amines is 1. The molecule has 0 bridgehead atoms. The van der Waals surface area contributed by atoms with Crippen LogP contribution in [-0.2, 0) is 11.2 Å². The number of ether oxygens (including phenoxy) is 2. The zero-order valence-corrected chi connectivity index (χ0v) is 20.7. The summed E-state index contributed by atoms with van der Waals surface area (Å²) in [6.07, 6.45) is 0.464. The number of rotatable bonds is 3. The van der Waals surface area contributed by atoms with Gasteiger partial charge in [0.1, 0.15) is 25.3 Å². The Kier molecular flexibility index (Phi) is 4.83. The zero-order valence-electron chi connectivity index (χ0n) is 20.7. The largest absolute Gasteiger partial charge is 0.486 e. The quantitative estimate of drug-likeness (QED) is 0.380. The zero-order chi connectivity index (χ0) is 25.3. The molecule has 7 rings (SSSR count). The summed E-state index contributed by atoms with van der Waals surface area (Å²) in [5, 5.41) is 1.10. The Morgan fingerprint density at radius 2 is 1.68 bits per heavy atom. The van der Waals surface area contributed by atoms with E-state index in [2.05, 4.69) is 49.2 Å². The number of imide groups is 1. The second-order valence-corrected chi connectivity index (χ2v) is 10.2. The molecule has 4 aromatic rings. The van der Waals surface area contributed by atoms with Crippen LogP contribution >= 0.6 is 0 Å². The fourth-order valence-corrected chi connectivity index (χ4v) is 5.89. The summed E-state index contributed by atoms with van der Waals surface area (Å²) in [5.41, 5.74) is 5.79. The third-order valence-electron chi connectivity index (χ3n) is 7.75. The van der Waals surface area contributed by atoms with Crippen LogP contribution in [0, 0.1) is 0 Å². The predicted molar refractivity (Wildman–Crippen MR) is 140 cm³/mol. The molecule has 3 aliphatic rings. The molecule has 2 atom stereocenters. The summed E-state index contributed by atoms with van der Waals surface area (Å²) in [7, 11) is 0. The van der Waals surface area contributed by atoms with Crippen molar-refractivity contribution in [1.29, 1.82) is 0 Å². The van der Waals surface area contributed by atoms with Gasteiger partial charge in [-0.2, -0.15) is 0 Å². The van der Waals surface area contributed by atoms with Gasteiger partial charge in [0.25, 0.3) is 5.91 Å². The monoisotopic (exact) mass is 493 g/mol. The van der Waals surface area contributed by atoms with E-state index in [9.17, 15) is 9.59 Å². The molecule has 37 heavy (non-hydrogen) atoms. The summed E-state index contributed by atoms with van der Waals surface area (Å²) in [6.45, 7) is 5.24. The van der Waals surface area contributed by atoms with Crippen LogP contribution in [0.3, 0.4) is 0 Å². The molecule has 7 nitrogen and oxygen atoms in total. The number of nitrogens with zero attached hydrogens (tertiary/aromatic N) is 2. The Morgan fingerprint density at radius 1 is 0.919 bits per heavy atom. The second kappa shape index (κ2) is 8.13. The van der Waals surface area contributed by atoms with Crippen molar-refractivity contribution in [3.63, 3.8) is 0 Å². The molecule has 3 amide bonds. The molecule has 0 unspecified atom stereocenters. The van der Waals surface area contributed by atoms with E-state index in [-0.39, 0.29) is 11.9 Å². The fraction of sp³-hybridized carbons (Fsp3) is 0.267. The van der Waals surface area contributed by atoms with Crippen molar-refractivity contribution in [3.8, 4) is 11.5 Å². The number of nitrogens with one attached hydrogen (secondary N) is 1. The standard InChI is InChI=1S/C30H27N3O4/c1-17(2)18-7-9-19(10-8-18)28-27-22(21-5-3-4-6-23(21)31-27)16-24-29(34)32(30(35)33(24)28)20-11-12-25-26(15-20)37-14-13-36-25/h3-12,15,17,24,28,31H,13-14,16H2,1-2H3/t24-,28-/m0/s1. The van der Waals surface area contributed by atoms with Crippen molar-refractivity contribution in [1.82, 2.24) is 9.88 Å². The molecule has 0 radical (unpaired) electrons. The van der Waals surface area contributed by atoms with Gasteiger partial charge in [0, 0.05) is 29.1 Å². The fourth-order valence-electron chi connectivity index (χ4n) is 5.89. The van der Waals surface area contributed by atoms with Gasteiger partial charge in [0.2, 0.25) is 0 Å². The van der Waals surface area contributed by atoms with E-state index in [1.807, 2.05) is 18.2 Å². The first kappa shape index (κ1) is 22.0. The van der Waals surface area contributed by atoms with Crippen molar-refractivity contribution in [2.45, 2.75) is 38.3 Å². The van der Waals surface area contributed by atoms with Gasteiger partial charge in [0.05, 0.1) is 5.69 Å². The van der Waals surface area contributed by atoms with E-state index in [1.54, 1.807) is 23.1 Å². The molecule has 3 aromatic carbocycles. The topological polar surface area (TPSA) is 74.9 Å². The van der Waals surface area contributed by atoms with Gasteiger partial charge in [-0.3, -0.25) is 9.69 Å². The summed E-state index contributed by atoms with van der Waals surface area (Å²) in [4.78, 5) is 34.6. The van der Waals surface area contributed by atoms with Gasteiger partial charge < -0.3 is 14.5 Å². The smallest absolute Gasteiger partial charge is 0.332 e. The number of anilines is 1. The van der Waals surface area contributed by atoms with E-state index in [1.165, 1.54) is 10.5 Å². The molecule has 3 aliphatic heterocycles. The number of hydrogen-bond acceptors (Lipinski definition) is 4. The van der Waals surface area contributed by atoms with E-state index in [0.29, 0.717) is 42.7 Å². The van der Waals surface area contributed by atoms with Gasteiger partial charge >= 0.3 is 6.03 Å². The summed E-state index contributed by atoms with van der Waals surface area (Å²) in [5.74, 6) is 1.35. The van der Waals surface area contributed by atoms with Crippen molar-refractivity contribution in [2.75, 3.05) is 18.1 Å². The molecule has 0 saturated carbocycles. The lowest BCUT2D eigenvalue weighted by atomic mass is 9.88. The Bertz CT molecular complexity index is 1560. The lowest BCUT2D eigenvalue weighted by molar-refractivity contribution is -0.120. The van der Waals surface area contributed by atoms with Crippen molar-refractivity contribution >= 4 is 28.5 Å². The maximum absolute atomic E-state index is 14.0. The first-order valence-corrected chi connectivity index (χ1v) is 12.8. The third-order valence-corrected chi connectivity index (χ3v) is 7.75. The highest BCUT2D eigenvalue weighted by Gasteiger charge is 2.53. The normalized spacial score (nSPS) is 20.5. The average molecular weight is 494 g/mol. The first-order valence-electron chi connectivity index (χ1n) is 12.8. The van der Waals surface area contributed by atoms with E-state index in [0.717, 1.165) is 27.7 Å². The molecule has 1 N–H and O–H groups in total. The maximum Gasteiger partial charge on any atom is 0.332 e. The Morgan fingerprint density at radius 3 is 2.46 bits per heavy atom. The van der Waals surface area contributed by atoms with Crippen LogP contribution in [0.4, 0.5) is 10.5 Å². The van der Waals surface area contributed by atoms with Gasteiger partial charge in [-0.25, -0.2) is 9.69 Å². The van der Waals surface area contributed by atoms with Gasteiger partial charge in [-0.1, -0.05) is 56.3 Å². The number of H-pyrrole nitrogens is 1. The Labute approximate surface area is 214 Å². The van der Waals surface area contributed by atoms with Crippen LogP contribution in [0.25, 0.3) is 10.9 Å². The van der Waals surface area contributed by atoms with Crippen molar-refractivity contribution in [2.24, 2.45) is 0 Å². The highest BCUT2D eigenvalue weighted by molar-refractivity contribution is 6.22. The number of urea groups is 1. The number of fused-ring (bicyclic) bond motifs is 5. The van der Waals surface area contributed by atoms with Gasteiger partial charge in [-0.15, -0.1) is 0 Å². The van der Waals surface area contributed by atoms with Crippen LogP contribution in [0.15, 0.2) is 66.7 Å². The highest BCUT2D eigenvalue weighted by Crippen LogP contribution is 2.46. The lowest BCUT2D eigenvalue weighted by Crippen LogP contribution is -2.44. The van der Waals surface area contributed by atoms with Crippen molar-refractivity contribution < 1.29 is 19.1 Å². The predicted octanol–water partition coefficient (Wildman–Crippen LogP) is 5.55. The summed E-state index contributed by atoms with van der Waals surface area (Å²) in [6, 6.07) is 20.5. The summed E-state index contributed by atoms with van der Waals surface area (Å²) >= 11 is 0. The first-order chi connectivity index (χ1) is 18.0. The molecule has 7 heteroatoms. The average Bonchev–Trinajstić information content (AvgIpc) is 3.41. The van der Waals surface area contributed by atoms with Gasteiger partial charge in [-0.05, 0) is 40.8 Å². The van der Waals surface area contributed by atoms with Gasteiger partial charge in [0.15, 0.2) is 11.5 Å². The minimum Gasteiger partial charge on any atom is -0.486 e. The minimum absolute atomic E-state index is 0.221. The number of benzene rings is 3. The van der Waals surface area contributed by atoms with Crippen LogP contribution < -0.4 is 14.4 Å². The number of amides is 3. The molecule has 0 aliphatic carbocycles. The van der Waals surface area contributed by atoms with Crippen molar-refractivity contribution in [3.05, 3.63) is 89.1 Å². The molecule has 1 aromatic heterocycles. The molecule has 1 fully saturated rings. The number of para-hydroxylation sites is 1. The molecule has 4 heterocycles.